The molecule has 2 N–H and O–H groups in total. The molecule has 7 rings (SSSR count). The highest BCUT2D eigenvalue weighted by atomic mass is 32.2. The van der Waals surface area contributed by atoms with Gasteiger partial charge in [0, 0.05) is 30.6 Å². The van der Waals surface area contributed by atoms with Crippen LogP contribution in [-0.4, -0.2) is 67.2 Å². The summed E-state index contributed by atoms with van der Waals surface area (Å²) in [7, 11) is -2.05. The molecular formula is C37H42N4O6S. The zero-order valence-corrected chi connectivity index (χ0v) is 28.0. The predicted octanol–water partition coefficient (Wildman–Crippen LogP) is 4.55. The molecule has 2 aromatic rings. The Kier molecular flexibility index (Phi) is 8.51. The minimum Gasteiger partial charge on any atom is -0.392 e. The quantitative estimate of drug-likeness (QED) is 0.370. The first kappa shape index (κ1) is 32.3. The zero-order valence-electron chi connectivity index (χ0n) is 27.2. The molecule has 0 spiro atoms. The van der Waals surface area contributed by atoms with Crippen molar-refractivity contribution in [3.63, 3.8) is 0 Å². The monoisotopic (exact) mass is 670 g/mol. The lowest BCUT2D eigenvalue weighted by atomic mass is 9.93. The largest absolute Gasteiger partial charge is 0.392 e. The van der Waals surface area contributed by atoms with E-state index >= 15 is 0 Å². The summed E-state index contributed by atoms with van der Waals surface area (Å²) in [6.07, 6.45) is 10.8. The molecule has 0 unspecified atom stereocenters. The fourth-order valence-electron chi connectivity index (χ4n) is 7.46. The second-order valence-electron chi connectivity index (χ2n) is 13.9. The molecule has 11 heteroatoms. The third kappa shape index (κ3) is 6.08. The fraction of sp³-hybridized carbons (Fsp3) is 0.459. The van der Waals surface area contributed by atoms with Gasteiger partial charge >= 0.3 is 0 Å². The predicted molar refractivity (Wildman–Crippen MR) is 183 cm³/mol. The molecule has 0 radical (unpaired) electrons. The van der Waals surface area contributed by atoms with Gasteiger partial charge in [-0.05, 0) is 74.1 Å². The van der Waals surface area contributed by atoms with E-state index in [1.54, 1.807) is 18.0 Å². The van der Waals surface area contributed by atoms with Crippen LogP contribution in [0, 0.1) is 17.8 Å². The minimum atomic E-state index is -3.81. The smallest absolute Gasteiger partial charge is 0.259 e. The van der Waals surface area contributed by atoms with Crippen LogP contribution >= 0.6 is 0 Å². The number of carbonyl (C=O) groups is 3. The van der Waals surface area contributed by atoms with E-state index < -0.39 is 56.5 Å². The molecule has 4 aliphatic carbocycles. The lowest BCUT2D eigenvalue weighted by Crippen LogP contribution is -2.54. The molecule has 4 bridgehead atoms. The Hall–Kier alpha value is -4.25. The van der Waals surface area contributed by atoms with Crippen LogP contribution in [0.2, 0.25) is 0 Å². The highest BCUT2D eigenvalue weighted by Gasteiger charge is 2.62. The van der Waals surface area contributed by atoms with Gasteiger partial charge in [-0.2, -0.15) is 0 Å². The number of allylic oxidation sites excluding steroid dienone is 1. The Labute approximate surface area is 281 Å². The van der Waals surface area contributed by atoms with E-state index in [1.807, 2.05) is 18.2 Å². The Bertz CT molecular complexity index is 1830. The van der Waals surface area contributed by atoms with Crippen LogP contribution in [0.3, 0.4) is 0 Å². The molecule has 2 aromatic carbocycles. The Morgan fingerprint density at radius 2 is 1.81 bits per heavy atom. The van der Waals surface area contributed by atoms with Crippen molar-refractivity contribution in [2.45, 2.75) is 74.7 Å². The summed E-state index contributed by atoms with van der Waals surface area (Å²) in [5.41, 5.74) is 4.45. The van der Waals surface area contributed by atoms with E-state index in [-0.39, 0.29) is 25.2 Å². The number of carbonyl (C=O) groups excluding carboxylic acids is 3. The lowest BCUT2D eigenvalue weighted by Gasteiger charge is -2.26. The van der Waals surface area contributed by atoms with Gasteiger partial charge in [-0.1, -0.05) is 66.2 Å². The van der Waals surface area contributed by atoms with Gasteiger partial charge < -0.3 is 15.1 Å². The number of sulfonamides is 1. The third-order valence-electron chi connectivity index (χ3n) is 10.5. The number of hydrogen-bond donors (Lipinski definition) is 2. The molecule has 1 aliphatic heterocycles. The molecular weight excluding hydrogens is 628 g/mol. The van der Waals surface area contributed by atoms with Crippen LogP contribution in [-0.2, 0) is 29.2 Å². The second-order valence-corrected chi connectivity index (χ2v) is 15.9. The number of hydrogen-bond acceptors (Lipinski definition) is 7. The van der Waals surface area contributed by atoms with Crippen molar-refractivity contribution < 1.29 is 27.6 Å². The maximum absolute atomic E-state index is 14.0. The number of rotatable bonds is 6. The molecule has 0 aromatic heterocycles. The highest BCUT2D eigenvalue weighted by molar-refractivity contribution is 7.91. The summed E-state index contributed by atoms with van der Waals surface area (Å²) in [6.45, 7) is 4.35. The van der Waals surface area contributed by atoms with Crippen LogP contribution in [0.15, 0.2) is 66.4 Å². The molecule has 5 aliphatic rings. The Morgan fingerprint density at radius 1 is 1.04 bits per heavy atom. The first-order valence-electron chi connectivity index (χ1n) is 17.0. The van der Waals surface area contributed by atoms with Crippen molar-refractivity contribution in [1.29, 1.82) is 0 Å². The summed E-state index contributed by atoms with van der Waals surface area (Å²) in [5, 5.41) is 6.98. The first-order valence-corrected chi connectivity index (χ1v) is 18.6. The number of nitrogens with zero attached hydrogens (tertiary/aromatic N) is 2. The van der Waals surface area contributed by atoms with Crippen molar-refractivity contribution in [3.8, 4) is 11.1 Å². The van der Waals surface area contributed by atoms with Crippen LogP contribution < -0.4 is 10.0 Å². The summed E-state index contributed by atoms with van der Waals surface area (Å²) >= 11 is 0. The lowest BCUT2D eigenvalue weighted by molar-refractivity contribution is -0.140. The normalized spacial score (nSPS) is 30.1. The molecule has 3 saturated carbocycles. The number of oxime groups is 1. The maximum Gasteiger partial charge on any atom is 0.259 e. The van der Waals surface area contributed by atoms with E-state index in [0.29, 0.717) is 25.1 Å². The molecule has 0 saturated heterocycles. The van der Waals surface area contributed by atoms with Crippen molar-refractivity contribution in [1.82, 2.24) is 14.9 Å². The second kappa shape index (κ2) is 12.7. The van der Waals surface area contributed by atoms with Gasteiger partial charge in [0.1, 0.15) is 17.4 Å². The van der Waals surface area contributed by atoms with Gasteiger partial charge in [0.05, 0.1) is 17.1 Å². The minimum absolute atomic E-state index is 0.151. The van der Waals surface area contributed by atoms with Crippen LogP contribution in [0.25, 0.3) is 17.2 Å². The number of nitrogens with one attached hydrogen (secondary N) is 2. The average Bonchev–Trinajstić information content (AvgIpc) is 3.99. The molecule has 1 heterocycles. The van der Waals surface area contributed by atoms with E-state index in [4.69, 9.17) is 4.84 Å². The third-order valence-corrected chi connectivity index (χ3v) is 12.4. The van der Waals surface area contributed by atoms with Crippen LogP contribution in [0.1, 0.15) is 74.5 Å². The Balaban J connectivity index is 1.17. The van der Waals surface area contributed by atoms with E-state index in [1.165, 1.54) is 0 Å². The van der Waals surface area contributed by atoms with E-state index in [2.05, 4.69) is 58.2 Å². The molecule has 3 amide bonds. The average molecular weight is 671 g/mol. The first-order chi connectivity index (χ1) is 23.1. The topological polar surface area (TPSA) is 134 Å². The fourth-order valence-corrected chi connectivity index (χ4v) is 8.82. The van der Waals surface area contributed by atoms with Gasteiger partial charge in [-0.15, -0.1) is 6.58 Å². The van der Waals surface area contributed by atoms with Crippen molar-refractivity contribution in [2.24, 2.45) is 22.9 Å². The van der Waals surface area contributed by atoms with Gasteiger partial charge in [-0.25, -0.2) is 8.42 Å². The van der Waals surface area contributed by atoms with Gasteiger partial charge in [0.2, 0.25) is 21.8 Å². The van der Waals surface area contributed by atoms with Gasteiger partial charge in [-0.3, -0.25) is 19.1 Å². The van der Waals surface area contributed by atoms with Crippen LogP contribution in [0.5, 0.6) is 0 Å². The highest BCUT2D eigenvalue weighted by Crippen LogP contribution is 2.46. The summed E-state index contributed by atoms with van der Waals surface area (Å²) in [5.74, 6) is -3.27. The standard InChI is InChI=1S/C37H42N4O6S/c1-3-24-22-37(24,36(44)40-48(45,46)26-15-16-26)38-34(42)31-20-25-21-32(31)35(43)41(2)18-10-6-4-5-7-11-23-14-17-28-27-12-8-9-13-29(27)33(39-47-25)30(28)19-23/h3,7-9,11-14,17,19,24-26,31-32H,1,4-6,10,15-16,18,20-22H2,2H3,(H,38,42)(H,40,44)/b11-7+,39-33-/t24-,25+,31+,32+,37+/m0/s1. The maximum atomic E-state index is 14.0. The molecule has 10 nitrogen and oxygen atoms in total. The van der Waals surface area contributed by atoms with Crippen molar-refractivity contribution in [2.75, 3.05) is 13.6 Å². The van der Waals surface area contributed by atoms with E-state index in [0.717, 1.165) is 53.5 Å². The number of fused-ring (bicyclic) bond motifs is 6. The number of amides is 3. The molecule has 5 atom stereocenters. The van der Waals surface area contributed by atoms with Crippen molar-refractivity contribution in [3.05, 3.63) is 77.9 Å². The molecule has 252 valence electrons. The van der Waals surface area contributed by atoms with Gasteiger partial charge in [0.25, 0.3) is 5.91 Å². The summed E-state index contributed by atoms with van der Waals surface area (Å²) < 4.78 is 27.4. The number of benzene rings is 2. The van der Waals surface area contributed by atoms with Crippen LogP contribution in [0.4, 0.5) is 0 Å². The van der Waals surface area contributed by atoms with Gasteiger partial charge in [0.15, 0.2) is 0 Å². The Morgan fingerprint density at radius 3 is 2.56 bits per heavy atom. The summed E-state index contributed by atoms with van der Waals surface area (Å²) in [6, 6.07) is 14.4. The molecule has 3 fully saturated rings. The van der Waals surface area contributed by atoms with E-state index in [9.17, 15) is 22.8 Å². The SMILES string of the molecule is C=C[C@H]1C[C@]1(NC(=O)[C@@H]1C[C@@H]2C[C@H]1C(=O)N(C)CCCCC/C=C/c1ccc3c(c1)/C(=N\O2)c1ccccc1-3)C(=O)NS(=O)(=O)C1CC1. The molecule has 48 heavy (non-hydrogen) atoms. The summed E-state index contributed by atoms with van der Waals surface area (Å²) in [4.78, 5) is 49.2. The zero-order chi connectivity index (χ0) is 33.6. The van der Waals surface area contributed by atoms with Crippen molar-refractivity contribution >= 4 is 39.5 Å².